The fraction of sp³-hybridized carbons (Fsp3) is 0.250. The number of rotatable bonds is 24. The molecule has 6 aromatic rings. The van der Waals surface area contributed by atoms with Crippen LogP contribution in [0.4, 0.5) is 0 Å². The van der Waals surface area contributed by atoms with Crippen molar-refractivity contribution in [1.82, 2.24) is 0 Å². The molecule has 0 aromatic heterocycles. The van der Waals surface area contributed by atoms with Crippen LogP contribution in [0.25, 0.3) is 0 Å². The summed E-state index contributed by atoms with van der Waals surface area (Å²) in [5, 5.41) is 23.9. The molecule has 0 spiro atoms. The standard InChI is InChI=1S/C48H51O14P3/c49-46-44(60-63(51,54-32-38-19-7-1-8-20-38)55-33-39-21-9-2-10-22-39)31-45(61-64(52,56-34-40-23-11-3-12-24-40)57-35-41-25-13-4-14-26-41)48(47(46)50)62-65(53,58-36-42-27-15-5-16-28-42)59-37-43-29-17-6-18-30-43/h1-30,44-50H,31-37H2. The van der Waals surface area contributed by atoms with E-state index in [0.29, 0.717) is 33.4 Å². The van der Waals surface area contributed by atoms with Crippen LogP contribution in [-0.2, 0) is 94.1 Å². The van der Waals surface area contributed by atoms with Gasteiger partial charge in [-0.15, -0.1) is 0 Å². The molecule has 1 fully saturated rings. The van der Waals surface area contributed by atoms with Gasteiger partial charge in [0, 0.05) is 6.42 Å². The maximum atomic E-state index is 14.9. The molecule has 0 heterocycles. The van der Waals surface area contributed by atoms with Crippen LogP contribution >= 0.6 is 23.5 Å². The number of phosphoric ester groups is 3. The van der Waals surface area contributed by atoms with Gasteiger partial charge in [0.1, 0.15) is 30.5 Å². The molecule has 14 nitrogen and oxygen atoms in total. The third-order valence-corrected chi connectivity index (χ3v) is 14.3. The Labute approximate surface area is 378 Å². The van der Waals surface area contributed by atoms with E-state index >= 15 is 0 Å². The van der Waals surface area contributed by atoms with Gasteiger partial charge >= 0.3 is 23.5 Å². The summed E-state index contributed by atoms with van der Waals surface area (Å²) < 4.78 is 98.1. The van der Waals surface area contributed by atoms with Gasteiger partial charge in [0.25, 0.3) is 0 Å². The zero-order chi connectivity index (χ0) is 45.4. The molecule has 2 N–H and O–H groups in total. The summed E-state index contributed by atoms with van der Waals surface area (Å²) in [6.07, 6.45) is -9.52. The van der Waals surface area contributed by atoms with Gasteiger partial charge in [0.05, 0.1) is 39.6 Å². The first-order chi connectivity index (χ1) is 31.6. The van der Waals surface area contributed by atoms with Crippen LogP contribution < -0.4 is 0 Å². The molecule has 0 saturated heterocycles. The van der Waals surface area contributed by atoms with Gasteiger partial charge in [0.2, 0.25) is 0 Å². The van der Waals surface area contributed by atoms with Crippen molar-refractivity contribution in [3.05, 3.63) is 215 Å². The number of benzene rings is 6. The molecule has 5 atom stereocenters. The Hall–Kier alpha value is -4.43. The minimum Gasteiger partial charge on any atom is -0.388 e. The quantitative estimate of drug-likeness (QED) is 0.0548. The van der Waals surface area contributed by atoms with Crippen molar-refractivity contribution in [2.24, 2.45) is 0 Å². The predicted octanol–water partition coefficient (Wildman–Crippen LogP) is 10.9. The highest BCUT2D eigenvalue weighted by molar-refractivity contribution is 7.49. The van der Waals surface area contributed by atoms with E-state index in [-0.39, 0.29) is 39.6 Å². The largest absolute Gasteiger partial charge is 0.475 e. The number of aliphatic hydroxyl groups excluding tert-OH is 2. The molecule has 0 amide bonds. The van der Waals surface area contributed by atoms with Crippen LogP contribution in [0.2, 0.25) is 0 Å². The molecule has 6 aromatic carbocycles. The van der Waals surface area contributed by atoms with Gasteiger partial charge in [-0.25, -0.2) is 13.7 Å². The van der Waals surface area contributed by atoms with E-state index in [1.807, 2.05) is 36.4 Å². The normalized spacial score (nSPS) is 19.2. The van der Waals surface area contributed by atoms with Gasteiger partial charge in [-0.2, -0.15) is 0 Å². The van der Waals surface area contributed by atoms with E-state index in [9.17, 15) is 23.9 Å². The van der Waals surface area contributed by atoms with Gasteiger partial charge in [-0.05, 0) is 33.4 Å². The highest BCUT2D eigenvalue weighted by atomic mass is 31.2. The second-order valence-corrected chi connectivity index (χ2v) is 19.8. The van der Waals surface area contributed by atoms with Gasteiger partial charge in [0.15, 0.2) is 0 Å². The van der Waals surface area contributed by atoms with Crippen molar-refractivity contribution in [3.8, 4) is 0 Å². The van der Waals surface area contributed by atoms with Crippen molar-refractivity contribution >= 4 is 23.5 Å². The molecule has 17 heteroatoms. The van der Waals surface area contributed by atoms with Crippen LogP contribution in [-0.4, -0.2) is 40.7 Å². The Kier molecular flexibility index (Phi) is 17.8. The van der Waals surface area contributed by atoms with E-state index < -0.39 is 60.4 Å². The highest BCUT2D eigenvalue weighted by Crippen LogP contribution is 2.59. The molecule has 0 aliphatic heterocycles. The Morgan fingerprint density at radius 1 is 0.338 bits per heavy atom. The lowest BCUT2D eigenvalue weighted by Crippen LogP contribution is -2.57. The van der Waals surface area contributed by atoms with Gasteiger partial charge in [-0.3, -0.25) is 40.7 Å². The van der Waals surface area contributed by atoms with E-state index in [0.717, 1.165) is 0 Å². The maximum absolute atomic E-state index is 14.9. The fourth-order valence-electron chi connectivity index (χ4n) is 6.62. The lowest BCUT2D eigenvalue weighted by molar-refractivity contribution is -0.171. The number of phosphoric acid groups is 3. The first kappa shape index (κ1) is 48.5. The van der Waals surface area contributed by atoms with Gasteiger partial charge < -0.3 is 10.2 Å². The number of aliphatic hydroxyl groups is 2. The number of hydrogen-bond donors (Lipinski definition) is 2. The Balaban J connectivity index is 1.21. The SMILES string of the molecule is O=P(OCc1ccccc1)(OCc1ccccc1)OC1CC(OP(=O)(OCc2ccccc2)OCc2ccccc2)C(OP(=O)(OCc2ccccc2)OCc2ccccc2)C(O)C1O. The van der Waals surface area contributed by atoms with E-state index in [1.54, 1.807) is 146 Å². The second kappa shape index (κ2) is 23.8. The first-order valence-corrected chi connectivity index (χ1v) is 25.3. The zero-order valence-electron chi connectivity index (χ0n) is 35.3. The zero-order valence-corrected chi connectivity index (χ0v) is 38.0. The molecule has 1 aliphatic carbocycles. The average molecular weight is 945 g/mol. The molecule has 0 radical (unpaired) electrons. The highest BCUT2D eigenvalue weighted by Gasteiger charge is 2.53. The number of hydrogen-bond acceptors (Lipinski definition) is 14. The lowest BCUT2D eigenvalue weighted by atomic mass is 9.87. The Morgan fingerprint density at radius 3 is 0.831 bits per heavy atom. The van der Waals surface area contributed by atoms with Crippen LogP contribution in [0, 0.1) is 0 Å². The summed E-state index contributed by atoms with van der Waals surface area (Å²) in [6, 6.07) is 53.2. The summed E-state index contributed by atoms with van der Waals surface area (Å²) in [6.45, 7) is -1.36. The molecule has 5 unspecified atom stereocenters. The molecule has 1 saturated carbocycles. The first-order valence-electron chi connectivity index (χ1n) is 20.9. The minimum atomic E-state index is -4.73. The van der Waals surface area contributed by atoms with Crippen LogP contribution in [0.1, 0.15) is 39.8 Å². The van der Waals surface area contributed by atoms with Crippen molar-refractivity contribution in [2.75, 3.05) is 0 Å². The van der Waals surface area contributed by atoms with E-state index in [1.165, 1.54) is 0 Å². The summed E-state index contributed by atoms with van der Waals surface area (Å²) in [7, 11) is -14.1. The molecule has 342 valence electrons. The van der Waals surface area contributed by atoms with Crippen molar-refractivity contribution in [2.45, 2.75) is 76.6 Å². The molecular formula is C48H51O14P3. The van der Waals surface area contributed by atoms with E-state index in [4.69, 9.17) is 40.7 Å². The van der Waals surface area contributed by atoms with E-state index in [2.05, 4.69) is 0 Å². The fourth-order valence-corrected chi connectivity index (χ4v) is 10.7. The summed E-state index contributed by atoms with van der Waals surface area (Å²) in [5.41, 5.74) is 3.81. The molecule has 1 aliphatic rings. The third kappa shape index (κ3) is 15.0. The second-order valence-electron chi connectivity index (χ2n) is 15.0. The van der Waals surface area contributed by atoms with Crippen molar-refractivity contribution < 1.29 is 64.6 Å². The van der Waals surface area contributed by atoms with Crippen molar-refractivity contribution in [3.63, 3.8) is 0 Å². The third-order valence-electron chi connectivity index (χ3n) is 10.1. The topological polar surface area (TPSA) is 175 Å². The average Bonchev–Trinajstić information content (AvgIpc) is 3.35. The molecular weight excluding hydrogens is 893 g/mol. The van der Waals surface area contributed by atoms with Crippen molar-refractivity contribution in [1.29, 1.82) is 0 Å². The monoisotopic (exact) mass is 944 g/mol. The smallest absolute Gasteiger partial charge is 0.388 e. The summed E-state index contributed by atoms with van der Waals surface area (Å²) in [4.78, 5) is 0. The Bertz CT molecular complexity index is 2310. The molecule has 65 heavy (non-hydrogen) atoms. The summed E-state index contributed by atoms with van der Waals surface area (Å²) in [5.74, 6) is 0. The van der Waals surface area contributed by atoms with Crippen LogP contribution in [0.3, 0.4) is 0 Å². The molecule has 7 rings (SSSR count). The Morgan fingerprint density at radius 2 is 0.569 bits per heavy atom. The maximum Gasteiger partial charge on any atom is 0.475 e. The van der Waals surface area contributed by atoms with Crippen LogP contribution in [0.5, 0.6) is 0 Å². The van der Waals surface area contributed by atoms with Crippen LogP contribution in [0.15, 0.2) is 182 Å². The van der Waals surface area contributed by atoms with Gasteiger partial charge in [-0.1, -0.05) is 182 Å². The summed E-state index contributed by atoms with van der Waals surface area (Å²) >= 11 is 0. The lowest BCUT2D eigenvalue weighted by Gasteiger charge is -2.43. The minimum absolute atomic E-state index is 0.208. The molecule has 0 bridgehead atoms. The predicted molar refractivity (Wildman–Crippen MR) is 241 cm³/mol.